The predicted molar refractivity (Wildman–Crippen MR) is 96.7 cm³/mol. The molecule has 1 heterocycles. The van der Waals surface area contributed by atoms with Crippen LogP contribution in [0.1, 0.15) is 18.4 Å². The quantitative estimate of drug-likeness (QED) is 0.847. The molecule has 6 heteroatoms. The molecule has 0 aromatic heterocycles. The van der Waals surface area contributed by atoms with Crippen molar-refractivity contribution >= 4 is 23.4 Å². The van der Waals surface area contributed by atoms with Gasteiger partial charge in [-0.05, 0) is 36.2 Å². The predicted octanol–water partition coefficient (Wildman–Crippen LogP) is 2.83. The van der Waals surface area contributed by atoms with Crippen molar-refractivity contribution in [1.82, 2.24) is 0 Å². The maximum absolute atomic E-state index is 13.0. The molecule has 2 aromatic rings. The fraction of sp³-hybridized carbons (Fsp3) is 0.263. The number of carboxylic acids is 1. The Balaban J connectivity index is 1.88. The normalized spacial score (nSPS) is 17.2. The summed E-state index contributed by atoms with van der Waals surface area (Å²) < 4.78 is 0. The molecule has 1 saturated heterocycles. The largest absolute Gasteiger partial charge is 0.481 e. The standard InChI is InChI=1S/C19H21N3O3/c20-12-14-6-8-15(9-7-14)21-13-17(10-11-18(23)24)22(19(21)25)16-4-2-1-3-5-16/h1-9,17H,10-13,20H2,(H,23,24). The Morgan fingerprint density at radius 2 is 1.76 bits per heavy atom. The molecule has 0 aliphatic carbocycles. The van der Waals surface area contributed by atoms with E-state index in [1.807, 2.05) is 54.6 Å². The maximum Gasteiger partial charge on any atom is 0.329 e. The number of anilines is 2. The number of amides is 2. The van der Waals surface area contributed by atoms with Crippen LogP contribution in [0.2, 0.25) is 0 Å². The third kappa shape index (κ3) is 3.64. The van der Waals surface area contributed by atoms with Crippen LogP contribution in [0.25, 0.3) is 0 Å². The van der Waals surface area contributed by atoms with Crippen LogP contribution >= 0.6 is 0 Å². The molecule has 1 atom stereocenters. The van der Waals surface area contributed by atoms with Crippen LogP contribution in [-0.2, 0) is 11.3 Å². The van der Waals surface area contributed by atoms with Gasteiger partial charge < -0.3 is 10.8 Å². The summed E-state index contributed by atoms with van der Waals surface area (Å²) in [6.45, 7) is 0.911. The number of carboxylic acid groups (broad SMARTS) is 1. The minimum atomic E-state index is -0.855. The Hall–Kier alpha value is -2.86. The Bertz CT molecular complexity index is 746. The number of nitrogens with two attached hydrogens (primary N) is 1. The molecule has 0 bridgehead atoms. The number of carbonyl (C=O) groups is 2. The molecule has 1 aliphatic rings. The van der Waals surface area contributed by atoms with E-state index in [4.69, 9.17) is 10.8 Å². The molecule has 3 N–H and O–H groups in total. The molecule has 2 aromatic carbocycles. The minimum absolute atomic E-state index is 0.0290. The first-order chi connectivity index (χ1) is 12.1. The highest BCUT2D eigenvalue weighted by Gasteiger charge is 2.38. The monoisotopic (exact) mass is 339 g/mol. The Morgan fingerprint density at radius 3 is 2.36 bits per heavy atom. The smallest absolute Gasteiger partial charge is 0.329 e. The molecule has 3 rings (SSSR count). The topological polar surface area (TPSA) is 86.9 Å². The maximum atomic E-state index is 13.0. The molecule has 130 valence electrons. The zero-order valence-corrected chi connectivity index (χ0v) is 13.8. The van der Waals surface area contributed by atoms with Crippen molar-refractivity contribution in [3.05, 3.63) is 60.2 Å². The van der Waals surface area contributed by atoms with E-state index in [-0.39, 0.29) is 18.5 Å². The second-order valence-electron chi connectivity index (χ2n) is 6.06. The van der Waals surface area contributed by atoms with Crippen LogP contribution in [0.4, 0.5) is 16.2 Å². The third-order valence-corrected chi connectivity index (χ3v) is 4.40. The van der Waals surface area contributed by atoms with Gasteiger partial charge in [-0.2, -0.15) is 0 Å². The van der Waals surface area contributed by atoms with Gasteiger partial charge in [-0.1, -0.05) is 30.3 Å². The number of para-hydroxylation sites is 1. The molecule has 1 unspecified atom stereocenters. The molecular formula is C19H21N3O3. The second-order valence-corrected chi connectivity index (χ2v) is 6.06. The fourth-order valence-electron chi connectivity index (χ4n) is 3.10. The Kier molecular flexibility index (Phi) is 5.00. The summed E-state index contributed by atoms with van der Waals surface area (Å²) >= 11 is 0. The Labute approximate surface area is 146 Å². The molecule has 1 aliphatic heterocycles. The van der Waals surface area contributed by atoms with E-state index in [1.165, 1.54) is 0 Å². The van der Waals surface area contributed by atoms with Gasteiger partial charge in [-0.3, -0.25) is 14.6 Å². The Morgan fingerprint density at radius 1 is 1.08 bits per heavy atom. The van der Waals surface area contributed by atoms with Gasteiger partial charge in [0.2, 0.25) is 0 Å². The molecule has 25 heavy (non-hydrogen) atoms. The van der Waals surface area contributed by atoms with Crippen LogP contribution in [0, 0.1) is 0 Å². The highest BCUT2D eigenvalue weighted by molar-refractivity contribution is 6.06. The van der Waals surface area contributed by atoms with Gasteiger partial charge in [-0.15, -0.1) is 0 Å². The van der Waals surface area contributed by atoms with Crippen LogP contribution < -0.4 is 15.5 Å². The van der Waals surface area contributed by atoms with E-state index in [1.54, 1.807) is 9.80 Å². The molecular weight excluding hydrogens is 318 g/mol. The van der Waals surface area contributed by atoms with Crippen molar-refractivity contribution < 1.29 is 14.7 Å². The lowest BCUT2D eigenvalue weighted by Crippen LogP contribution is -2.35. The number of hydrogen-bond donors (Lipinski definition) is 2. The van der Waals surface area contributed by atoms with Gasteiger partial charge in [0.05, 0.1) is 6.04 Å². The van der Waals surface area contributed by atoms with E-state index in [9.17, 15) is 9.59 Å². The number of hydrogen-bond acceptors (Lipinski definition) is 3. The average molecular weight is 339 g/mol. The van der Waals surface area contributed by atoms with E-state index in [0.717, 1.165) is 16.9 Å². The van der Waals surface area contributed by atoms with Crippen molar-refractivity contribution in [2.24, 2.45) is 5.73 Å². The number of rotatable bonds is 6. The second kappa shape index (κ2) is 7.36. The van der Waals surface area contributed by atoms with Crippen molar-refractivity contribution in [2.75, 3.05) is 16.3 Å². The van der Waals surface area contributed by atoms with E-state index in [0.29, 0.717) is 19.5 Å². The molecule has 1 fully saturated rings. The van der Waals surface area contributed by atoms with Crippen LogP contribution in [0.3, 0.4) is 0 Å². The molecule has 0 saturated carbocycles. The summed E-state index contributed by atoms with van der Waals surface area (Å²) in [5.74, 6) is -0.855. The van der Waals surface area contributed by atoms with Gasteiger partial charge in [-0.25, -0.2) is 4.79 Å². The SMILES string of the molecule is NCc1ccc(N2CC(CCC(=O)O)N(c3ccccc3)C2=O)cc1. The van der Waals surface area contributed by atoms with Crippen LogP contribution in [-0.4, -0.2) is 29.7 Å². The first-order valence-electron chi connectivity index (χ1n) is 8.26. The average Bonchev–Trinajstić information content (AvgIpc) is 2.97. The summed E-state index contributed by atoms with van der Waals surface area (Å²) in [5, 5.41) is 9.01. The number of aliphatic carboxylic acids is 1. The highest BCUT2D eigenvalue weighted by Crippen LogP contribution is 2.30. The van der Waals surface area contributed by atoms with E-state index in [2.05, 4.69) is 0 Å². The van der Waals surface area contributed by atoms with Crippen molar-refractivity contribution in [2.45, 2.75) is 25.4 Å². The number of benzene rings is 2. The summed E-state index contributed by atoms with van der Waals surface area (Å²) in [4.78, 5) is 27.4. The van der Waals surface area contributed by atoms with Crippen molar-refractivity contribution in [3.8, 4) is 0 Å². The molecule has 0 spiro atoms. The van der Waals surface area contributed by atoms with Crippen molar-refractivity contribution in [1.29, 1.82) is 0 Å². The van der Waals surface area contributed by atoms with E-state index < -0.39 is 5.97 Å². The van der Waals surface area contributed by atoms with Gasteiger partial charge in [0.1, 0.15) is 0 Å². The molecule has 0 radical (unpaired) electrons. The minimum Gasteiger partial charge on any atom is -0.481 e. The summed E-state index contributed by atoms with van der Waals surface area (Å²) in [5.41, 5.74) is 8.20. The zero-order valence-electron chi connectivity index (χ0n) is 13.8. The lowest BCUT2D eigenvalue weighted by Gasteiger charge is -2.22. The molecule has 2 amide bonds. The number of nitrogens with zero attached hydrogens (tertiary/aromatic N) is 2. The zero-order chi connectivity index (χ0) is 17.8. The van der Waals surface area contributed by atoms with Crippen LogP contribution in [0.15, 0.2) is 54.6 Å². The van der Waals surface area contributed by atoms with Gasteiger partial charge >= 0.3 is 12.0 Å². The summed E-state index contributed by atoms with van der Waals surface area (Å²) in [7, 11) is 0. The molecule has 6 nitrogen and oxygen atoms in total. The highest BCUT2D eigenvalue weighted by atomic mass is 16.4. The lowest BCUT2D eigenvalue weighted by atomic mass is 10.1. The van der Waals surface area contributed by atoms with Crippen LogP contribution in [0.5, 0.6) is 0 Å². The first kappa shape index (κ1) is 17.0. The third-order valence-electron chi connectivity index (χ3n) is 4.40. The van der Waals surface area contributed by atoms with E-state index >= 15 is 0 Å². The van der Waals surface area contributed by atoms with Crippen molar-refractivity contribution in [3.63, 3.8) is 0 Å². The summed E-state index contributed by atoms with van der Waals surface area (Å²) in [6.07, 6.45) is 0.439. The first-order valence-corrected chi connectivity index (χ1v) is 8.26. The lowest BCUT2D eigenvalue weighted by molar-refractivity contribution is -0.137. The summed E-state index contributed by atoms with van der Waals surface area (Å²) in [6, 6.07) is 16.6. The van der Waals surface area contributed by atoms with Gasteiger partial charge in [0.15, 0.2) is 0 Å². The fourth-order valence-corrected chi connectivity index (χ4v) is 3.10. The van der Waals surface area contributed by atoms with Gasteiger partial charge in [0.25, 0.3) is 0 Å². The number of urea groups is 1. The number of carbonyl (C=O) groups excluding carboxylic acids is 1. The van der Waals surface area contributed by atoms with Gasteiger partial charge in [0, 0.05) is 30.9 Å².